The van der Waals surface area contributed by atoms with Crippen LogP contribution in [-0.4, -0.2) is 6.54 Å². The fourth-order valence-corrected chi connectivity index (χ4v) is 2.92. The van der Waals surface area contributed by atoms with Gasteiger partial charge in [-0.25, -0.2) is 4.39 Å². The Labute approximate surface area is 135 Å². The van der Waals surface area contributed by atoms with Crippen LogP contribution < -0.4 is 5.32 Å². The van der Waals surface area contributed by atoms with Crippen LogP contribution in [-0.2, 0) is 0 Å². The monoisotopic (exact) mass is 399 g/mol. The zero-order valence-electron chi connectivity index (χ0n) is 11.4. The molecule has 0 radical (unpaired) electrons. The largest absolute Gasteiger partial charge is 0.306 e. The maximum atomic E-state index is 14.3. The van der Waals surface area contributed by atoms with E-state index in [1.54, 1.807) is 6.07 Å². The van der Waals surface area contributed by atoms with Gasteiger partial charge in [0.2, 0.25) is 0 Å². The number of halogens is 3. The molecule has 0 bridgehead atoms. The molecule has 1 unspecified atom stereocenters. The highest BCUT2D eigenvalue weighted by Gasteiger charge is 2.18. The van der Waals surface area contributed by atoms with Gasteiger partial charge in [0, 0.05) is 10.0 Å². The Balaban J connectivity index is 2.50. The van der Waals surface area contributed by atoms with Crippen LogP contribution in [0.15, 0.2) is 45.3 Å². The average Bonchev–Trinajstić information content (AvgIpc) is 2.43. The van der Waals surface area contributed by atoms with Gasteiger partial charge in [0.1, 0.15) is 5.82 Å². The smallest absolute Gasteiger partial charge is 0.142 e. The van der Waals surface area contributed by atoms with Crippen molar-refractivity contribution in [2.24, 2.45) is 0 Å². The lowest BCUT2D eigenvalue weighted by Gasteiger charge is -2.20. The van der Waals surface area contributed by atoms with Gasteiger partial charge in [0.15, 0.2) is 0 Å². The summed E-state index contributed by atoms with van der Waals surface area (Å²) in [7, 11) is 0. The van der Waals surface area contributed by atoms with Gasteiger partial charge in [-0.3, -0.25) is 0 Å². The molecule has 0 aliphatic rings. The second-order valence-electron chi connectivity index (χ2n) is 4.64. The van der Waals surface area contributed by atoms with E-state index in [1.165, 1.54) is 5.56 Å². The van der Waals surface area contributed by atoms with Crippen molar-refractivity contribution < 1.29 is 4.39 Å². The Morgan fingerprint density at radius 1 is 1.15 bits per heavy atom. The molecule has 0 aliphatic carbocycles. The van der Waals surface area contributed by atoms with Crippen LogP contribution >= 0.6 is 31.9 Å². The van der Waals surface area contributed by atoms with Crippen molar-refractivity contribution in [2.75, 3.05) is 6.54 Å². The number of nitrogens with one attached hydrogen (secondary N) is 1. The first kappa shape index (κ1) is 15.7. The van der Waals surface area contributed by atoms with Crippen LogP contribution in [0.25, 0.3) is 0 Å². The lowest BCUT2D eigenvalue weighted by atomic mass is 9.97. The Morgan fingerprint density at radius 3 is 2.55 bits per heavy atom. The molecule has 0 aromatic heterocycles. The molecule has 0 heterocycles. The van der Waals surface area contributed by atoms with Crippen LogP contribution in [0, 0.1) is 12.7 Å². The number of hydrogen-bond donors (Lipinski definition) is 1. The van der Waals surface area contributed by atoms with Gasteiger partial charge in [-0.1, -0.05) is 47.1 Å². The Hall–Kier alpha value is -0.710. The maximum absolute atomic E-state index is 14.3. The van der Waals surface area contributed by atoms with Crippen molar-refractivity contribution in [1.82, 2.24) is 5.32 Å². The molecule has 0 amide bonds. The molecule has 20 heavy (non-hydrogen) atoms. The summed E-state index contributed by atoms with van der Waals surface area (Å²) in [5.41, 5.74) is 2.86. The Morgan fingerprint density at radius 2 is 1.90 bits per heavy atom. The zero-order chi connectivity index (χ0) is 14.7. The fraction of sp³-hybridized carbons (Fsp3) is 0.250. The Kier molecular flexibility index (Phi) is 5.35. The lowest BCUT2D eigenvalue weighted by Crippen LogP contribution is -2.23. The van der Waals surface area contributed by atoms with E-state index >= 15 is 0 Å². The van der Waals surface area contributed by atoms with E-state index < -0.39 is 0 Å². The van der Waals surface area contributed by atoms with Gasteiger partial charge in [-0.2, -0.15) is 0 Å². The molecule has 1 atom stereocenters. The first-order chi connectivity index (χ1) is 9.54. The van der Waals surface area contributed by atoms with Crippen molar-refractivity contribution in [3.05, 3.63) is 67.9 Å². The average molecular weight is 401 g/mol. The number of hydrogen-bond acceptors (Lipinski definition) is 1. The molecule has 106 valence electrons. The van der Waals surface area contributed by atoms with Gasteiger partial charge in [0.25, 0.3) is 0 Å². The van der Waals surface area contributed by atoms with Crippen LogP contribution in [0.1, 0.15) is 29.7 Å². The van der Waals surface area contributed by atoms with Crippen LogP contribution in [0.3, 0.4) is 0 Å². The Bertz CT molecular complexity index is 613. The topological polar surface area (TPSA) is 12.0 Å². The lowest BCUT2D eigenvalue weighted by molar-refractivity contribution is 0.555. The number of aryl methyl sites for hydroxylation is 1. The second kappa shape index (κ2) is 6.83. The zero-order valence-corrected chi connectivity index (χ0v) is 14.6. The molecule has 0 saturated heterocycles. The molecule has 1 nitrogen and oxygen atoms in total. The summed E-state index contributed by atoms with van der Waals surface area (Å²) < 4.78 is 15.9. The highest BCUT2D eigenvalue weighted by atomic mass is 79.9. The molecule has 1 N–H and O–H groups in total. The summed E-state index contributed by atoms with van der Waals surface area (Å²) in [5.74, 6) is -0.213. The molecule has 4 heteroatoms. The van der Waals surface area contributed by atoms with Gasteiger partial charge < -0.3 is 5.32 Å². The molecular weight excluding hydrogens is 385 g/mol. The summed E-state index contributed by atoms with van der Waals surface area (Å²) >= 11 is 6.79. The molecule has 0 fully saturated rings. The minimum absolute atomic E-state index is 0.158. The van der Waals surface area contributed by atoms with E-state index in [0.29, 0.717) is 10.0 Å². The van der Waals surface area contributed by atoms with E-state index in [2.05, 4.69) is 37.2 Å². The third-order valence-corrected chi connectivity index (χ3v) is 4.70. The van der Waals surface area contributed by atoms with Crippen molar-refractivity contribution in [3.63, 3.8) is 0 Å². The molecule has 0 saturated carbocycles. The van der Waals surface area contributed by atoms with Crippen molar-refractivity contribution >= 4 is 31.9 Å². The third kappa shape index (κ3) is 3.30. The SMILES string of the molecule is CCNC(c1ccc(C)c(Br)c1)c1cccc(Br)c1F. The summed E-state index contributed by atoms with van der Waals surface area (Å²) in [5, 5.41) is 3.35. The third-order valence-electron chi connectivity index (χ3n) is 3.23. The van der Waals surface area contributed by atoms with Crippen LogP contribution in [0.2, 0.25) is 0 Å². The van der Waals surface area contributed by atoms with Gasteiger partial charge >= 0.3 is 0 Å². The van der Waals surface area contributed by atoms with E-state index in [0.717, 1.165) is 16.6 Å². The first-order valence-corrected chi connectivity index (χ1v) is 8.06. The molecule has 0 spiro atoms. The predicted octanol–water partition coefficient (Wildman–Crippen LogP) is 5.36. The standard InChI is InChI=1S/C16H16Br2FN/c1-3-20-16(11-8-7-10(2)14(18)9-11)12-5-4-6-13(17)15(12)19/h4-9,16,20H,3H2,1-2H3. The molecule has 2 aromatic carbocycles. The number of rotatable bonds is 4. The summed E-state index contributed by atoms with van der Waals surface area (Å²) in [6.07, 6.45) is 0. The summed E-state index contributed by atoms with van der Waals surface area (Å²) in [6.45, 7) is 4.82. The first-order valence-electron chi connectivity index (χ1n) is 6.48. The quantitative estimate of drug-likeness (QED) is 0.728. The second-order valence-corrected chi connectivity index (χ2v) is 6.35. The van der Waals surface area contributed by atoms with Crippen LogP contribution in [0.5, 0.6) is 0 Å². The van der Waals surface area contributed by atoms with Gasteiger partial charge in [0.05, 0.1) is 10.5 Å². The fourth-order valence-electron chi connectivity index (χ4n) is 2.14. The highest BCUT2D eigenvalue weighted by Crippen LogP contribution is 2.30. The normalized spacial score (nSPS) is 12.4. The number of benzene rings is 2. The highest BCUT2D eigenvalue weighted by molar-refractivity contribution is 9.10. The van der Waals surface area contributed by atoms with E-state index in [1.807, 2.05) is 44.2 Å². The molecule has 2 rings (SSSR count). The molecular formula is C16H16Br2FN. The van der Waals surface area contributed by atoms with Gasteiger partial charge in [-0.15, -0.1) is 0 Å². The summed E-state index contributed by atoms with van der Waals surface area (Å²) in [6, 6.07) is 11.4. The maximum Gasteiger partial charge on any atom is 0.142 e. The van der Waals surface area contributed by atoms with E-state index in [4.69, 9.17) is 0 Å². The van der Waals surface area contributed by atoms with Crippen molar-refractivity contribution in [3.8, 4) is 0 Å². The minimum atomic E-state index is -0.213. The van der Waals surface area contributed by atoms with Gasteiger partial charge in [-0.05, 0) is 52.7 Å². The van der Waals surface area contributed by atoms with Crippen molar-refractivity contribution in [1.29, 1.82) is 0 Å². The van der Waals surface area contributed by atoms with Crippen molar-refractivity contribution in [2.45, 2.75) is 19.9 Å². The van der Waals surface area contributed by atoms with E-state index in [9.17, 15) is 4.39 Å². The van der Waals surface area contributed by atoms with E-state index in [-0.39, 0.29) is 11.9 Å². The predicted molar refractivity (Wildman–Crippen MR) is 88.5 cm³/mol. The summed E-state index contributed by atoms with van der Waals surface area (Å²) in [4.78, 5) is 0. The molecule has 0 aliphatic heterocycles. The minimum Gasteiger partial charge on any atom is -0.306 e. The molecule has 2 aromatic rings. The van der Waals surface area contributed by atoms with Crippen LogP contribution in [0.4, 0.5) is 4.39 Å².